The molecule has 0 spiro atoms. The first kappa shape index (κ1) is 20.8. The number of halogens is 1. The maximum absolute atomic E-state index is 13.8. The Morgan fingerprint density at radius 2 is 1.67 bits per heavy atom. The van der Waals surface area contributed by atoms with E-state index in [0.717, 1.165) is 38.9 Å². The van der Waals surface area contributed by atoms with Gasteiger partial charge in [0, 0.05) is 28.6 Å². The Labute approximate surface area is 206 Å². The predicted octanol–water partition coefficient (Wildman–Crippen LogP) is 6.45. The van der Waals surface area contributed by atoms with Gasteiger partial charge in [0.25, 0.3) is 5.91 Å². The highest BCUT2D eigenvalue weighted by atomic mass is 19.1. The number of benzene rings is 4. The van der Waals surface area contributed by atoms with Gasteiger partial charge < -0.3 is 19.4 Å². The average Bonchev–Trinajstić information content (AvgIpc) is 3.59. The Hall–Kier alpha value is -4.58. The van der Waals surface area contributed by atoms with E-state index in [-0.39, 0.29) is 24.6 Å². The van der Waals surface area contributed by atoms with Crippen LogP contribution in [0.2, 0.25) is 0 Å². The number of H-pyrrole nitrogens is 1. The van der Waals surface area contributed by atoms with Crippen molar-refractivity contribution in [3.05, 3.63) is 119 Å². The van der Waals surface area contributed by atoms with E-state index in [2.05, 4.69) is 11.1 Å². The zero-order chi connectivity index (χ0) is 24.2. The van der Waals surface area contributed by atoms with Crippen LogP contribution in [0.25, 0.3) is 22.2 Å². The van der Waals surface area contributed by atoms with Crippen LogP contribution in [0.1, 0.15) is 33.1 Å². The van der Waals surface area contributed by atoms with E-state index < -0.39 is 0 Å². The number of aromatic amines is 1. The fourth-order valence-corrected chi connectivity index (χ4v) is 5.37. The van der Waals surface area contributed by atoms with Crippen molar-refractivity contribution in [2.24, 2.45) is 0 Å². The van der Waals surface area contributed by atoms with Crippen LogP contribution >= 0.6 is 0 Å². The number of aromatic nitrogens is 1. The minimum Gasteiger partial charge on any atom is -0.454 e. The first-order valence-electron chi connectivity index (χ1n) is 11.8. The van der Waals surface area contributed by atoms with Crippen molar-refractivity contribution in [3.8, 4) is 22.8 Å². The van der Waals surface area contributed by atoms with Crippen LogP contribution in [0.5, 0.6) is 11.5 Å². The Balaban J connectivity index is 1.42. The van der Waals surface area contributed by atoms with Crippen LogP contribution in [0, 0.1) is 5.82 Å². The molecule has 176 valence electrons. The molecule has 2 aliphatic heterocycles. The summed E-state index contributed by atoms with van der Waals surface area (Å²) in [7, 11) is 0. The van der Waals surface area contributed by atoms with Crippen LogP contribution in [0.3, 0.4) is 0 Å². The van der Waals surface area contributed by atoms with E-state index in [1.165, 1.54) is 12.1 Å². The van der Waals surface area contributed by atoms with Gasteiger partial charge in [-0.1, -0.05) is 42.5 Å². The molecule has 0 saturated carbocycles. The van der Waals surface area contributed by atoms with Crippen LogP contribution in [0.4, 0.5) is 4.39 Å². The predicted molar refractivity (Wildman–Crippen MR) is 134 cm³/mol. The van der Waals surface area contributed by atoms with Gasteiger partial charge >= 0.3 is 0 Å². The number of amides is 1. The summed E-state index contributed by atoms with van der Waals surface area (Å²) in [6, 6.07) is 27.8. The van der Waals surface area contributed by atoms with Gasteiger partial charge in [0.1, 0.15) is 5.82 Å². The number of hydrogen-bond donors (Lipinski definition) is 1. The quantitative estimate of drug-likeness (QED) is 0.324. The van der Waals surface area contributed by atoms with Gasteiger partial charge in [-0.3, -0.25) is 4.79 Å². The molecule has 0 bridgehead atoms. The largest absolute Gasteiger partial charge is 0.454 e. The molecule has 4 aromatic carbocycles. The summed E-state index contributed by atoms with van der Waals surface area (Å²) in [6.45, 7) is 0.600. The van der Waals surface area contributed by atoms with Gasteiger partial charge in [0.15, 0.2) is 11.5 Å². The number of rotatable bonds is 4. The number of ether oxygens (including phenoxy) is 2. The SMILES string of the molecule is O=C1c2ccccc2C(c2c(-c3ccc(F)cc3)[nH]c3ccccc23)N1Cc1ccc2c(c1)OCO2. The third kappa shape index (κ3) is 3.18. The molecule has 36 heavy (non-hydrogen) atoms. The fraction of sp³-hybridized carbons (Fsp3) is 0.100. The molecule has 1 atom stereocenters. The van der Waals surface area contributed by atoms with E-state index in [1.807, 2.05) is 65.6 Å². The van der Waals surface area contributed by atoms with Crippen molar-refractivity contribution >= 4 is 16.8 Å². The van der Waals surface area contributed by atoms with E-state index >= 15 is 0 Å². The lowest BCUT2D eigenvalue weighted by Crippen LogP contribution is -2.28. The van der Waals surface area contributed by atoms with Crippen molar-refractivity contribution in [2.45, 2.75) is 12.6 Å². The molecule has 0 aliphatic carbocycles. The third-order valence-electron chi connectivity index (χ3n) is 7.00. The zero-order valence-electron chi connectivity index (χ0n) is 19.2. The Morgan fingerprint density at radius 3 is 2.56 bits per heavy atom. The van der Waals surface area contributed by atoms with Crippen LogP contribution in [0.15, 0.2) is 91.0 Å². The van der Waals surface area contributed by atoms with Crippen molar-refractivity contribution in [3.63, 3.8) is 0 Å². The topological polar surface area (TPSA) is 54.6 Å². The lowest BCUT2D eigenvalue weighted by atomic mass is 9.93. The number of carbonyl (C=O) groups is 1. The Kier molecular flexibility index (Phi) is 4.61. The minimum absolute atomic E-state index is 0.0244. The lowest BCUT2D eigenvalue weighted by molar-refractivity contribution is 0.0737. The van der Waals surface area contributed by atoms with Crippen LogP contribution in [-0.4, -0.2) is 22.6 Å². The molecule has 2 aliphatic rings. The van der Waals surface area contributed by atoms with Crippen molar-refractivity contribution < 1.29 is 18.7 Å². The highest BCUT2D eigenvalue weighted by Gasteiger charge is 2.40. The molecule has 7 rings (SSSR count). The maximum Gasteiger partial charge on any atom is 0.255 e. The molecule has 1 N–H and O–H groups in total. The molecule has 5 nitrogen and oxygen atoms in total. The van der Waals surface area contributed by atoms with Gasteiger partial charge in [0.05, 0.1) is 11.7 Å². The molecule has 0 saturated heterocycles. The zero-order valence-corrected chi connectivity index (χ0v) is 19.2. The average molecular weight is 477 g/mol. The summed E-state index contributed by atoms with van der Waals surface area (Å²) in [5.74, 6) is 1.08. The summed E-state index contributed by atoms with van der Waals surface area (Å²) in [6.07, 6.45) is 0. The van der Waals surface area contributed by atoms with Gasteiger partial charge in [-0.05, 0) is 65.2 Å². The standard InChI is InChI=1S/C30H21FN2O3/c31-20-12-10-19(11-13-20)28-27(23-7-3-4-8-24(23)32-28)29-21-5-1-2-6-22(21)30(34)33(29)16-18-9-14-25-26(15-18)36-17-35-25/h1-15,29,32H,16-17H2. The number of nitrogens with zero attached hydrogens (tertiary/aromatic N) is 1. The molecule has 1 aromatic heterocycles. The molecule has 5 aromatic rings. The molecule has 0 radical (unpaired) electrons. The first-order valence-corrected chi connectivity index (χ1v) is 11.8. The third-order valence-corrected chi connectivity index (χ3v) is 7.00. The molecular formula is C30H21FN2O3. The monoisotopic (exact) mass is 476 g/mol. The summed E-state index contributed by atoms with van der Waals surface area (Å²) in [4.78, 5) is 19.2. The highest BCUT2D eigenvalue weighted by molar-refractivity contribution is 6.02. The number of carbonyl (C=O) groups excluding carboxylic acids is 1. The second kappa shape index (κ2) is 7.99. The smallest absolute Gasteiger partial charge is 0.255 e. The molecule has 6 heteroatoms. The van der Waals surface area contributed by atoms with Crippen molar-refractivity contribution in [2.75, 3.05) is 6.79 Å². The van der Waals surface area contributed by atoms with Gasteiger partial charge in [-0.15, -0.1) is 0 Å². The minimum atomic E-state index is -0.324. The summed E-state index contributed by atoms with van der Waals surface area (Å²) in [5.41, 5.74) is 6.30. The number of nitrogens with one attached hydrogen (secondary N) is 1. The Bertz CT molecular complexity index is 1640. The van der Waals surface area contributed by atoms with E-state index in [1.54, 1.807) is 12.1 Å². The molecule has 3 heterocycles. The summed E-state index contributed by atoms with van der Waals surface area (Å²) < 4.78 is 24.8. The lowest BCUT2D eigenvalue weighted by Gasteiger charge is -2.27. The van der Waals surface area contributed by atoms with E-state index in [4.69, 9.17) is 9.47 Å². The number of fused-ring (bicyclic) bond motifs is 3. The number of para-hydroxylation sites is 1. The molecule has 1 amide bonds. The molecular weight excluding hydrogens is 455 g/mol. The van der Waals surface area contributed by atoms with Gasteiger partial charge in [-0.2, -0.15) is 0 Å². The van der Waals surface area contributed by atoms with Gasteiger partial charge in [0.2, 0.25) is 6.79 Å². The summed E-state index contributed by atoms with van der Waals surface area (Å²) >= 11 is 0. The normalized spacial score (nSPS) is 16.1. The summed E-state index contributed by atoms with van der Waals surface area (Å²) in [5, 5.41) is 1.03. The van der Waals surface area contributed by atoms with Crippen LogP contribution in [-0.2, 0) is 6.54 Å². The fourth-order valence-electron chi connectivity index (χ4n) is 5.37. The highest BCUT2D eigenvalue weighted by Crippen LogP contribution is 2.46. The Morgan fingerprint density at radius 1 is 0.889 bits per heavy atom. The van der Waals surface area contributed by atoms with E-state index in [9.17, 15) is 9.18 Å². The maximum atomic E-state index is 13.8. The van der Waals surface area contributed by atoms with Gasteiger partial charge in [-0.25, -0.2) is 4.39 Å². The van der Waals surface area contributed by atoms with E-state index in [0.29, 0.717) is 23.6 Å². The first-order chi connectivity index (χ1) is 17.7. The second-order valence-corrected chi connectivity index (χ2v) is 9.08. The second-order valence-electron chi connectivity index (χ2n) is 9.08. The molecule has 0 fully saturated rings. The van der Waals surface area contributed by atoms with Crippen molar-refractivity contribution in [1.29, 1.82) is 0 Å². The molecule has 1 unspecified atom stereocenters. The van der Waals surface area contributed by atoms with Crippen LogP contribution < -0.4 is 9.47 Å². The van der Waals surface area contributed by atoms with Crippen molar-refractivity contribution in [1.82, 2.24) is 9.88 Å². The number of hydrogen-bond acceptors (Lipinski definition) is 3.